The SMILES string of the molecule is CC[C@@H](C)N(C)Cc1cccc(C2(O)CCN(S(=O)(=O)c3ccc([N+](=O)[O-])cc3)CC2)c1. The Labute approximate surface area is 189 Å². The number of nitro benzene ring substituents is 1. The van der Waals surface area contributed by atoms with E-state index >= 15 is 0 Å². The lowest BCUT2D eigenvalue weighted by atomic mass is 9.84. The molecule has 0 aromatic heterocycles. The van der Waals surface area contributed by atoms with E-state index in [0.717, 1.165) is 24.1 Å². The van der Waals surface area contributed by atoms with Crippen LogP contribution in [0.3, 0.4) is 0 Å². The van der Waals surface area contributed by atoms with Crippen molar-refractivity contribution in [2.75, 3.05) is 20.1 Å². The third kappa shape index (κ3) is 5.17. The van der Waals surface area contributed by atoms with Gasteiger partial charge < -0.3 is 5.11 Å². The van der Waals surface area contributed by atoms with E-state index < -0.39 is 20.5 Å². The van der Waals surface area contributed by atoms with Gasteiger partial charge in [0.1, 0.15) is 0 Å². The number of hydrogen-bond acceptors (Lipinski definition) is 6. The minimum absolute atomic E-state index is 0.0172. The minimum atomic E-state index is -3.78. The second kappa shape index (κ2) is 9.66. The van der Waals surface area contributed by atoms with E-state index in [1.807, 2.05) is 24.3 Å². The Bertz CT molecular complexity index is 1050. The van der Waals surface area contributed by atoms with E-state index in [2.05, 4.69) is 25.8 Å². The van der Waals surface area contributed by atoms with Gasteiger partial charge in [0.05, 0.1) is 15.4 Å². The lowest BCUT2D eigenvalue weighted by molar-refractivity contribution is -0.384. The van der Waals surface area contributed by atoms with Crippen LogP contribution >= 0.6 is 0 Å². The van der Waals surface area contributed by atoms with Crippen molar-refractivity contribution in [3.63, 3.8) is 0 Å². The predicted octanol–water partition coefficient (Wildman–Crippen LogP) is 3.50. The summed E-state index contributed by atoms with van der Waals surface area (Å²) in [7, 11) is -1.70. The molecule has 1 saturated heterocycles. The highest BCUT2D eigenvalue weighted by atomic mass is 32.2. The maximum Gasteiger partial charge on any atom is 0.269 e. The van der Waals surface area contributed by atoms with Crippen LogP contribution in [0.2, 0.25) is 0 Å². The van der Waals surface area contributed by atoms with Crippen LogP contribution in [0.4, 0.5) is 5.69 Å². The van der Waals surface area contributed by atoms with Gasteiger partial charge in [0.25, 0.3) is 5.69 Å². The number of non-ortho nitro benzene ring substituents is 1. The van der Waals surface area contributed by atoms with Gasteiger partial charge in [-0.3, -0.25) is 15.0 Å². The molecule has 0 unspecified atom stereocenters. The summed E-state index contributed by atoms with van der Waals surface area (Å²) in [6, 6.07) is 13.2. The molecule has 174 valence electrons. The topological polar surface area (TPSA) is 104 Å². The quantitative estimate of drug-likeness (QED) is 0.477. The molecule has 3 rings (SSSR count). The molecule has 32 heavy (non-hydrogen) atoms. The van der Waals surface area contributed by atoms with Crippen LogP contribution in [-0.2, 0) is 22.2 Å². The first-order valence-electron chi connectivity index (χ1n) is 10.8. The van der Waals surface area contributed by atoms with Crippen LogP contribution in [0.1, 0.15) is 44.2 Å². The summed E-state index contributed by atoms with van der Waals surface area (Å²) in [4.78, 5) is 12.5. The summed E-state index contributed by atoms with van der Waals surface area (Å²) in [5.41, 5.74) is 0.669. The van der Waals surface area contributed by atoms with Crippen molar-refractivity contribution in [2.24, 2.45) is 0 Å². The summed E-state index contributed by atoms with van der Waals surface area (Å²) in [5.74, 6) is 0. The molecule has 1 fully saturated rings. The normalized spacial score (nSPS) is 17.9. The molecule has 0 radical (unpaired) electrons. The van der Waals surface area contributed by atoms with Gasteiger partial charge in [0, 0.05) is 37.8 Å². The number of hydrogen-bond donors (Lipinski definition) is 1. The zero-order valence-electron chi connectivity index (χ0n) is 18.8. The highest BCUT2D eigenvalue weighted by molar-refractivity contribution is 7.89. The number of nitro groups is 1. The molecular weight excluding hydrogens is 430 g/mol. The molecule has 1 N–H and O–H groups in total. The van der Waals surface area contributed by atoms with Gasteiger partial charge in [-0.2, -0.15) is 4.31 Å². The van der Waals surface area contributed by atoms with E-state index in [9.17, 15) is 23.6 Å². The fourth-order valence-corrected chi connectivity index (χ4v) is 5.43. The average molecular weight is 462 g/mol. The molecule has 1 aliphatic rings. The summed E-state index contributed by atoms with van der Waals surface area (Å²) in [5, 5.41) is 22.1. The molecule has 2 aromatic carbocycles. The number of piperidine rings is 1. The lowest BCUT2D eigenvalue weighted by Gasteiger charge is -2.38. The van der Waals surface area contributed by atoms with Crippen molar-refractivity contribution in [1.82, 2.24) is 9.21 Å². The van der Waals surface area contributed by atoms with Gasteiger partial charge in [0.2, 0.25) is 10.0 Å². The van der Waals surface area contributed by atoms with Crippen LogP contribution in [0.25, 0.3) is 0 Å². The fraction of sp³-hybridized carbons (Fsp3) is 0.478. The van der Waals surface area contributed by atoms with E-state index in [4.69, 9.17) is 0 Å². The van der Waals surface area contributed by atoms with Crippen molar-refractivity contribution in [1.29, 1.82) is 0 Å². The predicted molar refractivity (Wildman–Crippen MR) is 123 cm³/mol. The second-order valence-electron chi connectivity index (χ2n) is 8.56. The Hall–Kier alpha value is -2.33. The standard InChI is InChI=1S/C23H31N3O5S/c1-4-18(2)24(3)17-19-6-5-7-20(16-19)23(27)12-14-25(15-13-23)32(30,31)22-10-8-21(9-11-22)26(28)29/h5-11,16,18,27H,4,12-15,17H2,1-3H3/t18-/m1/s1. The van der Waals surface area contributed by atoms with Crippen molar-refractivity contribution < 1.29 is 18.4 Å². The average Bonchev–Trinajstić information content (AvgIpc) is 2.79. The van der Waals surface area contributed by atoms with Crippen molar-refractivity contribution in [3.05, 3.63) is 69.8 Å². The van der Waals surface area contributed by atoms with Crippen LogP contribution < -0.4 is 0 Å². The van der Waals surface area contributed by atoms with Crippen LogP contribution in [0.15, 0.2) is 53.4 Å². The third-order valence-electron chi connectivity index (χ3n) is 6.47. The van der Waals surface area contributed by atoms with Gasteiger partial charge in [0.15, 0.2) is 0 Å². The second-order valence-corrected chi connectivity index (χ2v) is 10.5. The molecule has 0 saturated carbocycles. The van der Waals surface area contributed by atoms with E-state index in [1.165, 1.54) is 28.6 Å². The number of nitrogens with zero attached hydrogens (tertiary/aromatic N) is 3. The zero-order chi connectivity index (χ0) is 23.5. The van der Waals surface area contributed by atoms with E-state index in [0.29, 0.717) is 6.04 Å². The lowest BCUT2D eigenvalue weighted by Crippen LogP contribution is -2.45. The smallest absolute Gasteiger partial charge is 0.269 e. The summed E-state index contributed by atoms with van der Waals surface area (Å²) in [6.45, 7) is 5.45. The Morgan fingerprint density at radius 3 is 2.38 bits per heavy atom. The molecule has 0 spiro atoms. The van der Waals surface area contributed by atoms with Gasteiger partial charge in [-0.05, 0) is 56.5 Å². The van der Waals surface area contributed by atoms with Crippen molar-refractivity contribution >= 4 is 15.7 Å². The van der Waals surface area contributed by atoms with E-state index in [-0.39, 0.29) is 36.5 Å². The van der Waals surface area contributed by atoms with Gasteiger partial charge >= 0.3 is 0 Å². The maximum atomic E-state index is 13.0. The number of sulfonamides is 1. The van der Waals surface area contributed by atoms with Crippen LogP contribution in [0, 0.1) is 10.1 Å². The van der Waals surface area contributed by atoms with Crippen LogP contribution in [-0.4, -0.2) is 53.8 Å². The third-order valence-corrected chi connectivity index (χ3v) is 8.39. The molecule has 1 aliphatic heterocycles. The molecule has 2 aromatic rings. The highest BCUT2D eigenvalue weighted by Crippen LogP contribution is 2.35. The Balaban J connectivity index is 1.71. The summed E-state index contributed by atoms with van der Waals surface area (Å²) in [6.07, 6.45) is 1.62. The Kier molecular flexibility index (Phi) is 7.34. The molecule has 9 heteroatoms. The first kappa shape index (κ1) is 24.3. The first-order valence-corrected chi connectivity index (χ1v) is 12.3. The number of aliphatic hydroxyl groups is 1. The summed E-state index contributed by atoms with van der Waals surface area (Å²) >= 11 is 0. The van der Waals surface area contributed by atoms with Crippen LogP contribution in [0.5, 0.6) is 0 Å². The van der Waals surface area contributed by atoms with Gasteiger partial charge in [-0.15, -0.1) is 0 Å². The van der Waals surface area contributed by atoms with Gasteiger partial charge in [-0.25, -0.2) is 8.42 Å². The molecule has 0 bridgehead atoms. The Morgan fingerprint density at radius 1 is 1.19 bits per heavy atom. The molecule has 1 heterocycles. The molecule has 1 atom stereocenters. The fourth-order valence-electron chi connectivity index (χ4n) is 3.99. The monoisotopic (exact) mass is 461 g/mol. The highest BCUT2D eigenvalue weighted by Gasteiger charge is 2.38. The molecular formula is C23H31N3O5S. The van der Waals surface area contributed by atoms with Crippen molar-refractivity contribution in [2.45, 2.75) is 56.2 Å². The number of rotatable bonds is 8. The first-order chi connectivity index (χ1) is 15.1. The molecule has 0 amide bonds. The van der Waals surface area contributed by atoms with Gasteiger partial charge in [-0.1, -0.05) is 31.2 Å². The number of benzene rings is 2. The minimum Gasteiger partial charge on any atom is -0.385 e. The van der Waals surface area contributed by atoms with E-state index in [1.54, 1.807) is 0 Å². The summed E-state index contributed by atoms with van der Waals surface area (Å²) < 4.78 is 27.2. The zero-order valence-corrected chi connectivity index (χ0v) is 19.6. The maximum absolute atomic E-state index is 13.0. The molecule has 0 aliphatic carbocycles. The van der Waals surface area contributed by atoms with Crippen molar-refractivity contribution in [3.8, 4) is 0 Å². The molecule has 8 nitrogen and oxygen atoms in total. The largest absolute Gasteiger partial charge is 0.385 e. The Morgan fingerprint density at radius 2 is 1.81 bits per heavy atom.